The summed E-state index contributed by atoms with van der Waals surface area (Å²) < 4.78 is 55.2. The monoisotopic (exact) mass is 348 g/mol. The predicted molar refractivity (Wildman–Crippen MR) is 71.2 cm³/mol. The molecule has 0 N–H and O–H groups in total. The Kier molecular flexibility index (Phi) is 4.32. The number of ether oxygens (including phenoxy) is 1. The minimum Gasteiger partial charge on any atom is -0.405 e. The van der Waals surface area contributed by atoms with E-state index in [1.54, 1.807) is 12.1 Å². The number of rotatable bonds is 3. The normalized spacial score (nSPS) is 11.4. The van der Waals surface area contributed by atoms with Crippen molar-refractivity contribution in [3.05, 3.63) is 53.8 Å². The highest BCUT2D eigenvalue weighted by Gasteiger charge is 2.32. The van der Waals surface area contributed by atoms with Gasteiger partial charge in [-0.25, -0.2) is 4.39 Å². The lowest BCUT2D eigenvalue weighted by atomic mass is 10.0. The molecule has 0 aromatic heterocycles. The van der Waals surface area contributed by atoms with E-state index >= 15 is 0 Å². The van der Waals surface area contributed by atoms with Gasteiger partial charge in [-0.2, -0.15) is 0 Å². The number of hydrogen-bond donors (Lipinski definition) is 0. The van der Waals surface area contributed by atoms with Crippen molar-refractivity contribution in [3.8, 4) is 16.9 Å². The number of alkyl halides is 4. The zero-order valence-electron chi connectivity index (χ0n) is 10.0. The Morgan fingerprint density at radius 3 is 2.25 bits per heavy atom. The maximum Gasteiger partial charge on any atom is 0.573 e. The van der Waals surface area contributed by atoms with E-state index in [0.29, 0.717) is 5.56 Å². The standard InChI is InChI=1S/C14H9BrF4O/c15-8-9-4-3-6-11(13(9)16)10-5-1-2-7-12(10)20-14(17,18)19/h1-7H,8H2. The molecule has 0 amide bonds. The van der Waals surface area contributed by atoms with Gasteiger partial charge in [0.2, 0.25) is 0 Å². The van der Waals surface area contributed by atoms with Crippen molar-refractivity contribution >= 4 is 15.9 Å². The van der Waals surface area contributed by atoms with Gasteiger partial charge >= 0.3 is 6.36 Å². The van der Waals surface area contributed by atoms with Crippen LogP contribution in [-0.2, 0) is 5.33 Å². The summed E-state index contributed by atoms with van der Waals surface area (Å²) in [5.41, 5.74) is 0.497. The lowest BCUT2D eigenvalue weighted by Gasteiger charge is -2.14. The Hall–Kier alpha value is -1.56. The summed E-state index contributed by atoms with van der Waals surface area (Å²) in [6, 6.07) is 10.0. The van der Waals surface area contributed by atoms with Crippen molar-refractivity contribution in [3.63, 3.8) is 0 Å². The van der Waals surface area contributed by atoms with Crippen LogP contribution in [0.4, 0.5) is 17.6 Å². The predicted octanol–water partition coefficient (Wildman–Crippen LogP) is 5.29. The number of para-hydroxylation sites is 1. The molecule has 0 unspecified atom stereocenters. The Morgan fingerprint density at radius 1 is 0.950 bits per heavy atom. The third-order valence-electron chi connectivity index (χ3n) is 2.63. The average molecular weight is 349 g/mol. The molecule has 0 fully saturated rings. The van der Waals surface area contributed by atoms with Gasteiger partial charge in [0.1, 0.15) is 11.6 Å². The third-order valence-corrected chi connectivity index (χ3v) is 3.23. The van der Waals surface area contributed by atoms with Gasteiger partial charge in [0.05, 0.1) is 0 Å². The second-order valence-electron chi connectivity index (χ2n) is 3.96. The fraction of sp³-hybridized carbons (Fsp3) is 0.143. The van der Waals surface area contributed by atoms with E-state index in [0.717, 1.165) is 6.07 Å². The van der Waals surface area contributed by atoms with Gasteiger partial charge in [0.15, 0.2) is 0 Å². The van der Waals surface area contributed by atoms with Crippen molar-refractivity contribution in [2.24, 2.45) is 0 Å². The smallest absolute Gasteiger partial charge is 0.405 e. The first-order valence-corrected chi connectivity index (χ1v) is 6.73. The van der Waals surface area contributed by atoms with Gasteiger partial charge < -0.3 is 4.74 Å². The molecule has 2 rings (SSSR count). The Labute approximate surface area is 121 Å². The third kappa shape index (κ3) is 3.30. The highest BCUT2D eigenvalue weighted by molar-refractivity contribution is 9.08. The Morgan fingerprint density at radius 2 is 1.60 bits per heavy atom. The van der Waals surface area contributed by atoms with Crippen molar-refractivity contribution in [2.75, 3.05) is 0 Å². The average Bonchev–Trinajstić information content (AvgIpc) is 2.38. The summed E-state index contributed by atoms with van der Waals surface area (Å²) in [6.45, 7) is 0. The Bertz CT molecular complexity index is 610. The van der Waals surface area contributed by atoms with Gasteiger partial charge in [-0.05, 0) is 11.6 Å². The fourth-order valence-corrected chi connectivity index (χ4v) is 2.23. The van der Waals surface area contributed by atoms with Crippen LogP contribution in [0.5, 0.6) is 5.75 Å². The molecule has 0 spiro atoms. The highest BCUT2D eigenvalue weighted by Crippen LogP contribution is 2.35. The van der Waals surface area contributed by atoms with Gasteiger partial charge in [-0.1, -0.05) is 52.3 Å². The van der Waals surface area contributed by atoms with Gasteiger partial charge in [0.25, 0.3) is 0 Å². The molecule has 0 aliphatic heterocycles. The summed E-state index contributed by atoms with van der Waals surface area (Å²) >= 11 is 3.13. The van der Waals surface area contributed by atoms with Gasteiger partial charge in [-0.3, -0.25) is 0 Å². The molecule has 0 aliphatic rings. The summed E-state index contributed by atoms with van der Waals surface area (Å²) in [7, 11) is 0. The lowest BCUT2D eigenvalue weighted by molar-refractivity contribution is -0.274. The summed E-state index contributed by atoms with van der Waals surface area (Å²) in [6.07, 6.45) is -4.82. The topological polar surface area (TPSA) is 9.23 Å². The van der Waals surface area contributed by atoms with Crippen LogP contribution in [0.15, 0.2) is 42.5 Å². The molecule has 20 heavy (non-hydrogen) atoms. The van der Waals surface area contributed by atoms with Crippen LogP contribution in [0.3, 0.4) is 0 Å². The first kappa shape index (κ1) is 14.8. The van der Waals surface area contributed by atoms with Crippen LogP contribution in [0.2, 0.25) is 0 Å². The van der Waals surface area contributed by atoms with E-state index in [1.807, 2.05) is 0 Å². The van der Waals surface area contributed by atoms with Crippen LogP contribution in [0.25, 0.3) is 11.1 Å². The van der Waals surface area contributed by atoms with Crippen LogP contribution >= 0.6 is 15.9 Å². The van der Waals surface area contributed by atoms with Crippen LogP contribution in [0, 0.1) is 5.82 Å². The van der Waals surface area contributed by atoms with Crippen molar-refractivity contribution in [1.29, 1.82) is 0 Å². The van der Waals surface area contributed by atoms with Crippen molar-refractivity contribution < 1.29 is 22.3 Å². The molecule has 106 valence electrons. The number of benzene rings is 2. The minimum absolute atomic E-state index is 0.0603. The van der Waals surface area contributed by atoms with Gasteiger partial charge in [0, 0.05) is 16.5 Å². The number of halogens is 5. The van der Waals surface area contributed by atoms with E-state index in [2.05, 4.69) is 20.7 Å². The second kappa shape index (κ2) is 5.83. The van der Waals surface area contributed by atoms with Crippen molar-refractivity contribution in [2.45, 2.75) is 11.7 Å². The quantitative estimate of drug-likeness (QED) is 0.541. The zero-order valence-corrected chi connectivity index (χ0v) is 11.6. The largest absolute Gasteiger partial charge is 0.573 e. The minimum atomic E-state index is -4.82. The summed E-state index contributed by atoms with van der Waals surface area (Å²) in [4.78, 5) is 0. The molecule has 0 radical (unpaired) electrons. The summed E-state index contributed by atoms with van der Waals surface area (Å²) in [5.74, 6) is -0.992. The number of hydrogen-bond acceptors (Lipinski definition) is 1. The van der Waals surface area contributed by atoms with Crippen LogP contribution in [0.1, 0.15) is 5.56 Å². The van der Waals surface area contributed by atoms with Gasteiger partial charge in [-0.15, -0.1) is 13.2 Å². The first-order valence-electron chi connectivity index (χ1n) is 5.61. The molecule has 0 saturated carbocycles. The molecule has 1 nitrogen and oxygen atoms in total. The van der Waals surface area contributed by atoms with E-state index in [1.165, 1.54) is 24.3 Å². The molecular weight excluding hydrogens is 340 g/mol. The zero-order chi connectivity index (χ0) is 14.8. The Balaban J connectivity index is 2.53. The second-order valence-corrected chi connectivity index (χ2v) is 4.52. The van der Waals surface area contributed by atoms with Crippen LogP contribution in [-0.4, -0.2) is 6.36 Å². The lowest BCUT2D eigenvalue weighted by Crippen LogP contribution is -2.17. The maximum atomic E-state index is 14.2. The summed E-state index contributed by atoms with van der Waals surface area (Å²) in [5, 5.41) is 0.273. The molecule has 6 heteroatoms. The maximum absolute atomic E-state index is 14.2. The molecule has 2 aromatic rings. The molecule has 2 aromatic carbocycles. The molecule has 0 aliphatic carbocycles. The van der Waals surface area contributed by atoms with E-state index < -0.39 is 17.9 Å². The van der Waals surface area contributed by atoms with Crippen LogP contribution < -0.4 is 4.74 Å². The molecule has 0 heterocycles. The molecule has 0 atom stereocenters. The van der Waals surface area contributed by atoms with E-state index in [9.17, 15) is 17.6 Å². The molecule has 0 bridgehead atoms. The SMILES string of the molecule is Fc1c(CBr)cccc1-c1ccccc1OC(F)(F)F. The first-order chi connectivity index (χ1) is 9.42. The van der Waals surface area contributed by atoms with E-state index in [-0.39, 0.29) is 16.5 Å². The van der Waals surface area contributed by atoms with Crippen molar-refractivity contribution in [1.82, 2.24) is 0 Å². The molecular formula is C14H9BrF4O. The molecule has 0 saturated heterocycles. The fourth-order valence-electron chi connectivity index (χ4n) is 1.79. The van der Waals surface area contributed by atoms with E-state index in [4.69, 9.17) is 0 Å². The highest BCUT2D eigenvalue weighted by atomic mass is 79.9.